The van der Waals surface area contributed by atoms with Crippen LogP contribution < -0.4 is 10.1 Å². The Bertz CT molecular complexity index is 1060. The summed E-state index contributed by atoms with van der Waals surface area (Å²) in [6.07, 6.45) is 2.23. The molecular weight excluding hydrogens is 490 g/mol. The normalized spacial score (nSPS) is 18.0. The Labute approximate surface area is 234 Å². The van der Waals surface area contributed by atoms with Gasteiger partial charge in [-0.05, 0) is 62.5 Å². The molecule has 2 aromatic carbocycles. The van der Waals surface area contributed by atoms with Gasteiger partial charge in [-0.1, -0.05) is 83.0 Å². The number of likely N-dealkylation sites (tertiary alicyclic amines) is 1. The molecule has 0 aromatic heterocycles. The van der Waals surface area contributed by atoms with E-state index >= 15 is 0 Å². The van der Waals surface area contributed by atoms with Gasteiger partial charge in [0.1, 0.15) is 11.2 Å². The number of aryl methyl sites for hydroxylation is 1. The molecule has 39 heavy (non-hydrogen) atoms. The first-order chi connectivity index (χ1) is 18.8. The molecule has 3 atom stereocenters. The Morgan fingerprint density at radius 1 is 0.974 bits per heavy atom. The maximum Gasteiger partial charge on any atom is 0.327 e. The number of rotatable bonds is 14. The van der Waals surface area contributed by atoms with Gasteiger partial charge in [-0.2, -0.15) is 0 Å². The number of likely N-dealkylation sites (N-methyl/N-ethyl adjacent to an activating group) is 1. The fourth-order valence-corrected chi connectivity index (χ4v) is 5.66. The zero-order valence-corrected chi connectivity index (χ0v) is 24.8. The van der Waals surface area contributed by atoms with E-state index in [2.05, 4.69) is 43.1 Å². The molecule has 3 amide bonds. The Balaban J connectivity index is 1.82. The van der Waals surface area contributed by atoms with E-state index < -0.39 is 17.7 Å². The van der Waals surface area contributed by atoms with E-state index in [9.17, 15) is 9.59 Å². The Morgan fingerprint density at radius 2 is 1.56 bits per heavy atom. The summed E-state index contributed by atoms with van der Waals surface area (Å²) < 4.78 is 11.9. The first kappa shape index (κ1) is 30.6. The van der Waals surface area contributed by atoms with Crippen molar-refractivity contribution in [2.75, 3.05) is 26.8 Å². The molecule has 0 bridgehead atoms. The van der Waals surface area contributed by atoms with Gasteiger partial charge in [0.15, 0.2) is 6.23 Å². The second-order valence-corrected chi connectivity index (χ2v) is 10.5. The van der Waals surface area contributed by atoms with E-state index in [-0.39, 0.29) is 18.0 Å². The smallest absolute Gasteiger partial charge is 0.327 e. The van der Waals surface area contributed by atoms with Gasteiger partial charge in [0.2, 0.25) is 5.91 Å². The lowest BCUT2D eigenvalue weighted by Gasteiger charge is -2.53. The van der Waals surface area contributed by atoms with Crippen molar-refractivity contribution in [2.45, 2.75) is 85.5 Å². The number of benzene rings is 2. The van der Waals surface area contributed by atoms with Crippen molar-refractivity contribution in [3.05, 3.63) is 65.2 Å². The van der Waals surface area contributed by atoms with E-state index in [0.717, 1.165) is 37.1 Å². The van der Waals surface area contributed by atoms with Gasteiger partial charge >= 0.3 is 6.03 Å². The van der Waals surface area contributed by atoms with Crippen LogP contribution in [0.4, 0.5) is 4.79 Å². The highest BCUT2D eigenvalue weighted by atomic mass is 16.5. The summed E-state index contributed by atoms with van der Waals surface area (Å²) in [4.78, 5) is 30.6. The van der Waals surface area contributed by atoms with Crippen LogP contribution in [-0.4, -0.2) is 54.8 Å². The van der Waals surface area contributed by atoms with Crippen LogP contribution in [0.5, 0.6) is 5.75 Å². The lowest BCUT2D eigenvalue weighted by molar-refractivity contribution is -0.191. The third-order valence-corrected chi connectivity index (χ3v) is 8.28. The summed E-state index contributed by atoms with van der Waals surface area (Å²) in [5.41, 5.74) is 2.62. The number of imide groups is 1. The molecule has 0 aliphatic carbocycles. The van der Waals surface area contributed by atoms with Gasteiger partial charge in [0, 0.05) is 7.11 Å². The maximum absolute atomic E-state index is 13.5. The number of carbonyl (C=O) groups is 2. The summed E-state index contributed by atoms with van der Waals surface area (Å²) in [5.74, 6) is 0.465. The number of β-lactam (4-membered cyclic amide) rings is 1. The predicted molar refractivity (Wildman–Crippen MR) is 156 cm³/mol. The first-order valence-electron chi connectivity index (χ1n) is 14.5. The molecule has 0 radical (unpaired) electrons. The van der Waals surface area contributed by atoms with Crippen molar-refractivity contribution in [2.24, 2.45) is 5.41 Å². The minimum absolute atomic E-state index is 0.147. The molecule has 1 heterocycles. The molecule has 1 N–H and O–H groups in total. The summed E-state index contributed by atoms with van der Waals surface area (Å²) in [6, 6.07) is 15.7. The zero-order chi connectivity index (χ0) is 28.6. The van der Waals surface area contributed by atoms with Gasteiger partial charge < -0.3 is 14.8 Å². The van der Waals surface area contributed by atoms with E-state index in [4.69, 9.17) is 9.47 Å². The number of methoxy groups -OCH3 is 1. The third-order valence-electron chi connectivity index (χ3n) is 8.28. The van der Waals surface area contributed by atoms with E-state index in [1.54, 1.807) is 7.11 Å². The SMILES string of the molecule is CCC[C@@H](NC(=O)N1C(=O)C(CC)(CC)[C@@H]1Oc1ccc([C@@H](COC)N(CC)CC)cc1)c1ccc(C)cc1. The molecule has 0 unspecified atom stereocenters. The molecule has 7 nitrogen and oxygen atoms in total. The molecule has 214 valence electrons. The average Bonchev–Trinajstić information content (AvgIpc) is 2.94. The summed E-state index contributed by atoms with van der Waals surface area (Å²) in [5, 5.41) is 3.12. The van der Waals surface area contributed by atoms with Gasteiger partial charge in [0.05, 0.1) is 18.7 Å². The van der Waals surface area contributed by atoms with Crippen LogP contribution in [0.15, 0.2) is 48.5 Å². The average molecular weight is 538 g/mol. The number of urea groups is 1. The topological polar surface area (TPSA) is 71.1 Å². The number of ether oxygens (including phenoxy) is 2. The van der Waals surface area contributed by atoms with Crippen LogP contribution in [0.2, 0.25) is 0 Å². The maximum atomic E-state index is 13.5. The monoisotopic (exact) mass is 537 g/mol. The second kappa shape index (κ2) is 13.9. The number of hydrogen-bond donors (Lipinski definition) is 1. The number of hydrogen-bond acceptors (Lipinski definition) is 5. The molecule has 2 aromatic rings. The molecule has 1 aliphatic rings. The largest absolute Gasteiger partial charge is 0.469 e. The van der Waals surface area contributed by atoms with Crippen molar-refractivity contribution >= 4 is 11.9 Å². The molecule has 1 fully saturated rings. The Hall–Kier alpha value is -2.90. The number of nitrogens with one attached hydrogen (secondary N) is 1. The van der Waals surface area contributed by atoms with E-state index in [1.807, 2.05) is 57.2 Å². The van der Waals surface area contributed by atoms with Crippen molar-refractivity contribution in [3.63, 3.8) is 0 Å². The lowest BCUT2D eigenvalue weighted by atomic mass is 9.72. The summed E-state index contributed by atoms with van der Waals surface area (Å²) >= 11 is 0. The van der Waals surface area contributed by atoms with Gasteiger partial charge in [0.25, 0.3) is 0 Å². The summed E-state index contributed by atoms with van der Waals surface area (Å²) in [7, 11) is 1.72. The van der Waals surface area contributed by atoms with E-state index in [1.165, 1.54) is 10.5 Å². The van der Waals surface area contributed by atoms with Crippen LogP contribution in [0.25, 0.3) is 0 Å². The lowest BCUT2D eigenvalue weighted by Crippen LogP contribution is -2.73. The number of amides is 3. The molecule has 1 aliphatic heterocycles. The molecular formula is C32H47N3O4. The Morgan fingerprint density at radius 3 is 2.08 bits per heavy atom. The molecule has 1 saturated heterocycles. The highest BCUT2D eigenvalue weighted by Gasteiger charge is 2.63. The van der Waals surface area contributed by atoms with Crippen molar-refractivity contribution in [1.29, 1.82) is 0 Å². The second-order valence-electron chi connectivity index (χ2n) is 10.5. The van der Waals surface area contributed by atoms with E-state index in [0.29, 0.717) is 25.2 Å². The Kier molecular flexibility index (Phi) is 11.0. The zero-order valence-electron chi connectivity index (χ0n) is 24.8. The van der Waals surface area contributed by atoms with Crippen LogP contribution in [-0.2, 0) is 9.53 Å². The van der Waals surface area contributed by atoms with Crippen LogP contribution >= 0.6 is 0 Å². The third kappa shape index (κ3) is 6.47. The molecule has 0 saturated carbocycles. The highest BCUT2D eigenvalue weighted by Crippen LogP contribution is 2.46. The standard InChI is InChI=1S/C32H47N3O4/c1-8-13-27(24-16-14-23(6)15-17-24)33-31(37)35-29(36)32(9-2,10-3)30(35)39-26-20-18-25(19-21-26)28(22-38-7)34(11-4)12-5/h14-21,27-28,30H,8-13,22H2,1-7H3,(H,33,37)/t27-,28-,30+/m1/s1. The quantitative estimate of drug-likeness (QED) is 0.274. The minimum Gasteiger partial charge on any atom is -0.469 e. The molecule has 3 rings (SSSR count). The van der Waals surface area contributed by atoms with Gasteiger partial charge in [-0.3, -0.25) is 9.69 Å². The fourth-order valence-electron chi connectivity index (χ4n) is 5.66. The number of carbonyl (C=O) groups excluding carboxylic acids is 2. The summed E-state index contributed by atoms with van der Waals surface area (Å²) in [6.45, 7) is 14.9. The molecule has 0 spiro atoms. The van der Waals surface area contributed by atoms with Gasteiger partial charge in [-0.15, -0.1) is 0 Å². The molecule has 7 heteroatoms. The van der Waals surface area contributed by atoms with Crippen molar-refractivity contribution < 1.29 is 19.1 Å². The van der Waals surface area contributed by atoms with Gasteiger partial charge in [-0.25, -0.2) is 9.69 Å². The fraction of sp³-hybridized carbons (Fsp3) is 0.562. The predicted octanol–water partition coefficient (Wildman–Crippen LogP) is 6.63. The van der Waals surface area contributed by atoms with Crippen LogP contribution in [0.3, 0.4) is 0 Å². The minimum atomic E-state index is -0.722. The van der Waals surface area contributed by atoms with Crippen LogP contribution in [0, 0.1) is 12.3 Å². The highest BCUT2D eigenvalue weighted by molar-refractivity contribution is 6.03. The van der Waals surface area contributed by atoms with Crippen LogP contribution in [0.1, 0.15) is 89.1 Å². The van der Waals surface area contributed by atoms with Crippen molar-refractivity contribution in [1.82, 2.24) is 15.1 Å². The first-order valence-corrected chi connectivity index (χ1v) is 14.5. The number of nitrogens with zero attached hydrogens (tertiary/aromatic N) is 2. The van der Waals surface area contributed by atoms with Crippen molar-refractivity contribution in [3.8, 4) is 5.75 Å².